The third-order valence-electron chi connectivity index (χ3n) is 11.2. The summed E-state index contributed by atoms with van der Waals surface area (Å²) in [5.74, 6) is -2.34. The molecule has 3 saturated carbocycles. The second-order valence-corrected chi connectivity index (χ2v) is 14.3. The van der Waals surface area contributed by atoms with E-state index in [0.717, 1.165) is 11.6 Å². The summed E-state index contributed by atoms with van der Waals surface area (Å²) in [5, 5.41) is 43.7. The molecule has 37 heavy (non-hydrogen) atoms. The van der Waals surface area contributed by atoms with Gasteiger partial charge < -0.3 is 20.4 Å². The Kier molecular flexibility index (Phi) is 6.26. The largest absolute Gasteiger partial charge is 0.393 e. The highest BCUT2D eigenvalue weighted by Gasteiger charge is 2.74. The maximum Gasteiger partial charge on any atom is 0.187 e. The van der Waals surface area contributed by atoms with Gasteiger partial charge >= 0.3 is 0 Å². The summed E-state index contributed by atoms with van der Waals surface area (Å²) >= 11 is 0. The molecule has 0 radical (unpaired) electrons. The fourth-order valence-electron chi connectivity index (χ4n) is 8.95. The van der Waals surface area contributed by atoms with Crippen molar-refractivity contribution in [1.29, 1.82) is 0 Å². The SMILES string of the molecule is CC(C)(O)/C=C/C(=O)[C@](C)(O)[C@H]1[C@H](O)C[C@@]2(C)[C@@H]3CC=C4[C@@H](CC(=O)[C@@H](O)C4(C)C)[C@]3(C)C(=O)C[C@]12C. The van der Waals surface area contributed by atoms with Crippen molar-refractivity contribution in [3.63, 3.8) is 0 Å². The van der Waals surface area contributed by atoms with Gasteiger partial charge in [-0.1, -0.05) is 52.3 Å². The van der Waals surface area contributed by atoms with Crippen molar-refractivity contribution in [2.75, 3.05) is 0 Å². The van der Waals surface area contributed by atoms with Crippen LogP contribution in [-0.2, 0) is 14.4 Å². The van der Waals surface area contributed by atoms with E-state index in [2.05, 4.69) is 13.0 Å². The fraction of sp³-hybridized carbons (Fsp3) is 0.767. The van der Waals surface area contributed by atoms with Crippen molar-refractivity contribution in [2.24, 2.45) is 39.4 Å². The lowest BCUT2D eigenvalue weighted by molar-refractivity contribution is -0.183. The number of fused-ring (bicyclic) bond motifs is 5. The van der Waals surface area contributed by atoms with Crippen molar-refractivity contribution in [2.45, 2.75) is 104 Å². The van der Waals surface area contributed by atoms with Crippen LogP contribution in [0.15, 0.2) is 23.8 Å². The van der Waals surface area contributed by atoms with E-state index in [4.69, 9.17) is 0 Å². The first-order valence-electron chi connectivity index (χ1n) is 13.5. The first-order valence-corrected chi connectivity index (χ1v) is 13.5. The molecule has 0 aromatic heterocycles. The molecule has 0 unspecified atom stereocenters. The normalized spacial score (nSPS) is 45.1. The zero-order valence-corrected chi connectivity index (χ0v) is 23.5. The van der Waals surface area contributed by atoms with Crippen LogP contribution >= 0.6 is 0 Å². The first-order chi connectivity index (χ1) is 16.7. The number of rotatable bonds is 4. The Bertz CT molecular complexity index is 1090. The molecule has 4 rings (SSSR count). The average molecular weight is 517 g/mol. The highest BCUT2D eigenvalue weighted by molar-refractivity contribution is 5.97. The van der Waals surface area contributed by atoms with Crippen LogP contribution in [0.25, 0.3) is 0 Å². The van der Waals surface area contributed by atoms with Gasteiger partial charge in [0.15, 0.2) is 11.6 Å². The number of aliphatic hydroxyl groups excluding tert-OH is 2. The van der Waals surface area contributed by atoms with Crippen LogP contribution in [0.2, 0.25) is 0 Å². The number of allylic oxidation sites excluding steroid dienone is 1. The van der Waals surface area contributed by atoms with Crippen LogP contribution < -0.4 is 0 Å². The molecule has 4 aliphatic carbocycles. The maximum atomic E-state index is 14.2. The number of carbonyl (C=O) groups is 3. The Balaban J connectivity index is 1.80. The Labute approximate surface area is 220 Å². The second-order valence-electron chi connectivity index (χ2n) is 14.3. The molecule has 4 N–H and O–H groups in total. The summed E-state index contributed by atoms with van der Waals surface area (Å²) < 4.78 is 0. The summed E-state index contributed by atoms with van der Waals surface area (Å²) in [6, 6.07) is 0. The lowest BCUT2D eigenvalue weighted by Crippen LogP contribution is -2.65. The van der Waals surface area contributed by atoms with E-state index in [-0.39, 0.29) is 36.2 Å². The van der Waals surface area contributed by atoms with Crippen molar-refractivity contribution in [3.05, 3.63) is 23.8 Å². The monoisotopic (exact) mass is 516 g/mol. The van der Waals surface area contributed by atoms with Crippen LogP contribution in [0.3, 0.4) is 0 Å². The molecule has 9 atom stereocenters. The fourth-order valence-corrected chi connectivity index (χ4v) is 8.95. The topological polar surface area (TPSA) is 132 Å². The summed E-state index contributed by atoms with van der Waals surface area (Å²) in [5.41, 5.74) is -5.36. The number of hydrogen-bond acceptors (Lipinski definition) is 7. The Morgan fingerprint density at radius 2 is 1.62 bits per heavy atom. The predicted octanol–water partition coefficient (Wildman–Crippen LogP) is 2.93. The zero-order valence-electron chi connectivity index (χ0n) is 23.5. The van der Waals surface area contributed by atoms with Crippen molar-refractivity contribution >= 4 is 17.3 Å². The Hall–Kier alpha value is -1.67. The molecule has 0 saturated heterocycles. The van der Waals surface area contributed by atoms with Gasteiger partial charge in [0.1, 0.15) is 17.5 Å². The van der Waals surface area contributed by atoms with E-state index in [9.17, 15) is 34.8 Å². The Morgan fingerprint density at radius 1 is 1.03 bits per heavy atom. The van der Waals surface area contributed by atoms with Crippen LogP contribution in [0, 0.1) is 39.4 Å². The second kappa shape index (κ2) is 8.17. The molecule has 7 nitrogen and oxygen atoms in total. The molecule has 0 bridgehead atoms. The number of ketones is 3. The molecule has 0 aromatic carbocycles. The molecule has 0 spiro atoms. The van der Waals surface area contributed by atoms with Crippen LogP contribution in [0.1, 0.15) is 81.1 Å². The third kappa shape index (κ3) is 3.71. The minimum atomic E-state index is -1.95. The van der Waals surface area contributed by atoms with Gasteiger partial charge in [-0.15, -0.1) is 0 Å². The highest BCUT2D eigenvalue weighted by atomic mass is 16.3. The van der Waals surface area contributed by atoms with E-state index in [1.54, 1.807) is 0 Å². The molecule has 0 heterocycles. The quantitative estimate of drug-likeness (QED) is 0.334. The van der Waals surface area contributed by atoms with Crippen molar-refractivity contribution in [1.82, 2.24) is 0 Å². The van der Waals surface area contributed by atoms with E-state index in [0.29, 0.717) is 12.8 Å². The molecule has 0 aliphatic heterocycles. The van der Waals surface area contributed by atoms with Crippen LogP contribution in [0.4, 0.5) is 0 Å². The standard InChI is InChI=1S/C30H44O7/c1-25(2,36)12-11-21(33)30(8,37)23-19(32)14-27(5)20-10-9-16-17(13-18(31)24(35)26(16,3)4)29(20,7)22(34)15-28(23,27)6/h9,11-12,17,19-20,23-24,32,35-37H,10,13-15H2,1-8H3/b12-11+/t17-,19-,20+,23+,24-,27+,28-,29+,30+/m1/s1. The van der Waals surface area contributed by atoms with Crippen LogP contribution in [-0.4, -0.2) is 61.2 Å². The summed E-state index contributed by atoms with van der Waals surface area (Å²) in [6.45, 7) is 14.1. The lowest BCUT2D eigenvalue weighted by Gasteiger charge is -2.64. The zero-order chi connectivity index (χ0) is 28.1. The number of carbonyl (C=O) groups excluding carboxylic acids is 3. The maximum absolute atomic E-state index is 14.2. The number of Topliss-reactive ketones (excluding diaryl/α,β-unsaturated/α-hetero) is 2. The van der Waals surface area contributed by atoms with Crippen molar-refractivity contribution < 1.29 is 34.8 Å². The van der Waals surface area contributed by atoms with Gasteiger partial charge in [0.2, 0.25) is 0 Å². The smallest absolute Gasteiger partial charge is 0.187 e. The van der Waals surface area contributed by atoms with E-state index >= 15 is 0 Å². The van der Waals surface area contributed by atoms with E-state index in [1.807, 2.05) is 27.7 Å². The third-order valence-corrected chi connectivity index (χ3v) is 11.2. The highest BCUT2D eigenvalue weighted by Crippen LogP contribution is 2.74. The van der Waals surface area contributed by atoms with Crippen LogP contribution in [0.5, 0.6) is 0 Å². The molecule has 0 amide bonds. The lowest BCUT2D eigenvalue weighted by atomic mass is 9.38. The van der Waals surface area contributed by atoms with Gasteiger partial charge in [-0.2, -0.15) is 0 Å². The molecular formula is C30H44O7. The summed E-state index contributed by atoms with van der Waals surface area (Å²) in [7, 11) is 0. The van der Waals surface area contributed by atoms with Crippen molar-refractivity contribution in [3.8, 4) is 0 Å². The van der Waals surface area contributed by atoms with Gasteiger partial charge in [-0.25, -0.2) is 0 Å². The van der Waals surface area contributed by atoms with Gasteiger partial charge in [-0.3, -0.25) is 14.4 Å². The molecule has 4 aliphatic rings. The van der Waals surface area contributed by atoms with Gasteiger partial charge in [0, 0.05) is 29.6 Å². The van der Waals surface area contributed by atoms with Gasteiger partial charge in [-0.05, 0) is 62.4 Å². The Morgan fingerprint density at radius 3 is 2.19 bits per heavy atom. The summed E-state index contributed by atoms with van der Waals surface area (Å²) in [4.78, 5) is 40.3. The minimum absolute atomic E-state index is 0.0255. The molecular weight excluding hydrogens is 472 g/mol. The van der Waals surface area contributed by atoms with E-state index in [1.165, 1.54) is 26.8 Å². The molecule has 206 valence electrons. The first kappa shape index (κ1) is 28.3. The predicted molar refractivity (Wildman–Crippen MR) is 138 cm³/mol. The van der Waals surface area contributed by atoms with Gasteiger partial charge in [0.25, 0.3) is 0 Å². The number of aliphatic hydroxyl groups is 4. The molecule has 0 aromatic rings. The average Bonchev–Trinajstić information content (AvgIpc) is 2.96. The van der Waals surface area contributed by atoms with Gasteiger partial charge in [0.05, 0.1) is 11.7 Å². The molecule has 3 fully saturated rings. The minimum Gasteiger partial charge on any atom is -0.393 e. The molecule has 7 heteroatoms. The summed E-state index contributed by atoms with van der Waals surface area (Å²) in [6.07, 6.45) is 3.49. The number of hydrogen-bond donors (Lipinski definition) is 4. The van der Waals surface area contributed by atoms with E-state index < -0.39 is 56.8 Å².